The normalized spacial score (nSPS) is 11.9. The van der Waals surface area contributed by atoms with E-state index in [0.717, 1.165) is 11.1 Å². The molecule has 0 aliphatic heterocycles. The van der Waals surface area contributed by atoms with Gasteiger partial charge in [-0.3, -0.25) is 9.59 Å². The first-order valence-corrected chi connectivity index (χ1v) is 12.2. The minimum Gasteiger partial charge on any atom is -0.460 e. The number of benzene rings is 3. The molecule has 0 saturated carbocycles. The maximum atomic E-state index is 13.4. The highest BCUT2D eigenvalue weighted by molar-refractivity contribution is 6.30. The Labute approximate surface area is 221 Å². The average Bonchev–Trinajstić information content (AvgIpc) is 2.86. The van der Waals surface area contributed by atoms with Crippen LogP contribution in [0, 0.1) is 5.92 Å². The van der Waals surface area contributed by atoms with Gasteiger partial charge >= 0.3 is 18.0 Å². The number of carbonyl (C=O) groups excluding carboxylic acids is 3. The zero-order valence-electron chi connectivity index (χ0n) is 21.0. The lowest BCUT2D eigenvalue weighted by atomic mass is 9.92. The monoisotopic (exact) mass is 523 g/mol. The first-order chi connectivity index (χ1) is 17.6. The van der Waals surface area contributed by atoms with Crippen LogP contribution in [0.25, 0.3) is 0 Å². The molecule has 194 valence electrons. The summed E-state index contributed by atoms with van der Waals surface area (Å²) >= 11 is 6.05. The molecular formula is C29H30ClNO6. The van der Waals surface area contributed by atoms with Crippen LogP contribution in [0.5, 0.6) is 0 Å². The Morgan fingerprint density at radius 2 is 1.22 bits per heavy atom. The van der Waals surface area contributed by atoms with Crippen LogP contribution in [0.3, 0.4) is 0 Å². The number of ether oxygens (including phenoxy) is 3. The van der Waals surface area contributed by atoms with Crippen LogP contribution in [0.2, 0.25) is 5.02 Å². The second-order valence-electron chi connectivity index (χ2n) is 9.34. The van der Waals surface area contributed by atoms with Gasteiger partial charge in [0.1, 0.15) is 18.8 Å². The number of carbonyl (C=O) groups is 3. The molecular weight excluding hydrogens is 494 g/mol. The second kappa shape index (κ2) is 12.9. The number of esters is 2. The summed E-state index contributed by atoms with van der Waals surface area (Å²) in [6.07, 6.45) is -0.802. The maximum absolute atomic E-state index is 13.4. The van der Waals surface area contributed by atoms with E-state index in [1.807, 2.05) is 36.4 Å². The molecule has 3 aromatic rings. The lowest BCUT2D eigenvalue weighted by Gasteiger charge is -2.28. The van der Waals surface area contributed by atoms with E-state index in [-0.39, 0.29) is 13.2 Å². The van der Waals surface area contributed by atoms with E-state index in [2.05, 4.69) is 5.32 Å². The molecule has 0 bridgehead atoms. The number of hydrogen-bond acceptors (Lipinski definition) is 6. The molecule has 1 N–H and O–H groups in total. The number of alkyl carbamates (subject to hydrolysis) is 1. The smallest absolute Gasteiger partial charge is 0.408 e. The van der Waals surface area contributed by atoms with Gasteiger partial charge in [0.05, 0.1) is 6.04 Å². The molecule has 0 saturated heterocycles. The summed E-state index contributed by atoms with van der Waals surface area (Å²) in [6, 6.07) is 23.4. The van der Waals surface area contributed by atoms with Crippen molar-refractivity contribution in [3.8, 4) is 0 Å². The molecule has 1 unspecified atom stereocenters. The lowest BCUT2D eigenvalue weighted by molar-refractivity contribution is -0.165. The van der Waals surface area contributed by atoms with Gasteiger partial charge in [-0.15, -0.1) is 0 Å². The minimum atomic E-state index is -1.51. The van der Waals surface area contributed by atoms with Crippen LogP contribution in [0.15, 0.2) is 84.9 Å². The van der Waals surface area contributed by atoms with Crippen molar-refractivity contribution < 1.29 is 28.6 Å². The topological polar surface area (TPSA) is 90.9 Å². The van der Waals surface area contributed by atoms with Gasteiger partial charge in [0, 0.05) is 5.02 Å². The fraction of sp³-hybridized carbons (Fsp3) is 0.276. The van der Waals surface area contributed by atoms with Crippen molar-refractivity contribution in [1.82, 2.24) is 5.32 Å². The van der Waals surface area contributed by atoms with Crippen molar-refractivity contribution in [2.75, 3.05) is 0 Å². The molecule has 1 atom stereocenters. The molecule has 0 heterocycles. The third-order valence-electron chi connectivity index (χ3n) is 5.19. The summed E-state index contributed by atoms with van der Waals surface area (Å²) in [5.74, 6) is -3.21. The maximum Gasteiger partial charge on any atom is 0.408 e. The Morgan fingerprint density at radius 3 is 1.65 bits per heavy atom. The van der Waals surface area contributed by atoms with Crippen molar-refractivity contribution in [3.63, 3.8) is 0 Å². The molecule has 0 aliphatic rings. The molecule has 0 radical (unpaired) electrons. The van der Waals surface area contributed by atoms with Gasteiger partial charge in [-0.25, -0.2) is 4.79 Å². The highest BCUT2D eigenvalue weighted by Crippen LogP contribution is 2.28. The molecule has 7 nitrogen and oxygen atoms in total. The van der Waals surface area contributed by atoms with E-state index in [9.17, 15) is 14.4 Å². The quantitative estimate of drug-likeness (QED) is 0.210. The van der Waals surface area contributed by atoms with Crippen LogP contribution in [-0.2, 0) is 37.0 Å². The van der Waals surface area contributed by atoms with Crippen molar-refractivity contribution in [2.24, 2.45) is 5.92 Å². The molecule has 0 aliphatic carbocycles. The molecule has 1 amide bonds. The molecule has 0 fully saturated rings. The third-order valence-corrected chi connectivity index (χ3v) is 5.44. The Balaban J connectivity index is 1.91. The summed E-state index contributed by atoms with van der Waals surface area (Å²) in [6.45, 7) is 5.03. The van der Waals surface area contributed by atoms with Gasteiger partial charge in [0.2, 0.25) is 0 Å². The Bertz CT molecular complexity index is 1120. The predicted octanol–water partition coefficient (Wildman–Crippen LogP) is 6.01. The minimum absolute atomic E-state index is 0.0537. The van der Waals surface area contributed by atoms with E-state index in [1.165, 1.54) is 0 Å². The molecule has 37 heavy (non-hydrogen) atoms. The standard InChI is InChI=1S/C29H30ClNO6/c1-29(2,3)37-28(34)31-25(22-14-16-23(30)17-15-22)24(26(32)35-18-20-10-6-4-7-11-20)27(33)36-19-21-12-8-5-9-13-21/h4-17,24-25H,18-19H2,1-3H3,(H,31,34). The fourth-order valence-electron chi connectivity index (χ4n) is 3.47. The second-order valence-corrected chi connectivity index (χ2v) is 9.78. The first-order valence-electron chi connectivity index (χ1n) is 11.8. The van der Waals surface area contributed by atoms with Crippen molar-refractivity contribution in [1.29, 1.82) is 0 Å². The molecule has 0 spiro atoms. The molecule has 0 aromatic heterocycles. The van der Waals surface area contributed by atoms with E-state index in [4.69, 9.17) is 25.8 Å². The van der Waals surface area contributed by atoms with Gasteiger partial charge in [0.15, 0.2) is 5.92 Å². The first kappa shape index (κ1) is 27.7. The number of amides is 1. The van der Waals surface area contributed by atoms with Gasteiger partial charge in [-0.1, -0.05) is 84.4 Å². The van der Waals surface area contributed by atoms with Gasteiger partial charge in [0.25, 0.3) is 0 Å². The summed E-state index contributed by atoms with van der Waals surface area (Å²) in [5.41, 5.74) is 1.14. The molecule has 3 aromatic carbocycles. The van der Waals surface area contributed by atoms with Crippen LogP contribution >= 0.6 is 11.6 Å². The van der Waals surface area contributed by atoms with Crippen LogP contribution < -0.4 is 5.32 Å². The number of halogens is 1. The Hall–Kier alpha value is -3.84. The fourth-order valence-corrected chi connectivity index (χ4v) is 3.60. The Morgan fingerprint density at radius 1 is 0.757 bits per heavy atom. The van der Waals surface area contributed by atoms with Crippen LogP contribution in [0.4, 0.5) is 4.79 Å². The summed E-state index contributed by atoms with van der Waals surface area (Å²) < 4.78 is 16.4. The highest BCUT2D eigenvalue weighted by atomic mass is 35.5. The lowest BCUT2D eigenvalue weighted by Crippen LogP contribution is -2.43. The van der Waals surface area contributed by atoms with Gasteiger partial charge in [-0.05, 0) is 49.6 Å². The van der Waals surface area contributed by atoms with E-state index in [1.54, 1.807) is 69.3 Å². The summed E-state index contributed by atoms with van der Waals surface area (Å²) in [4.78, 5) is 39.5. The van der Waals surface area contributed by atoms with Crippen molar-refractivity contribution in [2.45, 2.75) is 45.6 Å². The van der Waals surface area contributed by atoms with Crippen molar-refractivity contribution >= 4 is 29.6 Å². The Kier molecular flexibility index (Phi) is 9.69. The van der Waals surface area contributed by atoms with Gasteiger partial charge < -0.3 is 19.5 Å². The number of rotatable bonds is 9. The molecule has 3 rings (SSSR count). The van der Waals surface area contributed by atoms with E-state index in [0.29, 0.717) is 10.6 Å². The largest absolute Gasteiger partial charge is 0.460 e. The predicted molar refractivity (Wildman–Crippen MR) is 140 cm³/mol. The molecule has 8 heteroatoms. The van der Waals surface area contributed by atoms with E-state index < -0.39 is 35.6 Å². The SMILES string of the molecule is CC(C)(C)OC(=O)NC(c1ccc(Cl)cc1)C(C(=O)OCc1ccccc1)C(=O)OCc1ccccc1. The number of nitrogens with one attached hydrogen (secondary N) is 1. The summed E-state index contributed by atoms with van der Waals surface area (Å²) in [7, 11) is 0. The van der Waals surface area contributed by atoms with Gasteiger partial charge in [-0.2, -0.15) is 0 Å². The average molecular weight is 524 g/mol. The zero-order valence-corrected chi connectivity index (χ0v) is 21.7. The zero-order chi connectivity index (χ0) is 26.8. The summed E-state index contributed by atoms with van der Waals surface area (Å²) in [5, 5.41) is 3.12. The van der Waals surface area contributed by atoms with E-state index >= 15 is 0 Å². The van der Waals surface area contributed by atoms with Crippen LogP contribution in [-0.4, -0.2) is 23.6 Å². The number of hydrogen-bond donors (Lipinski definition) is 1. The third kappa shape index (κ3) is 8.95. The van der Waals surface area contributed by atoms with Crippen molar-refractivity contribution in [3.05, 3.63) is 107 Å². The highest BCUT2D eigenvalue weighted by Gasteiger charge is 2.40. The van der Waals surface area contributed by atoms with Crippen LogP contribution in [0.1, 0.15) is 43.5 Å².